The van der Waals surface area contributed by atoms with Crippen LogP contribution in [0.5, 0.6) is 0 Å². The Morgan fingerprint density at radius 2 is 2.21 bits per heavy atom. The van der Waals surface area contributed by atoms with E-state index in [0.717, 1.165) is 23.0 Å². The van der Waals surface area contributed by atoms with Crippen molar-refractivity contribution in [3.8, 4) is 0 Å². The Labute approximate surface area is 118 Å². The first-order chi connectivity index (χ1) is 9.20. The van der Waals surface area contributed by atoms with E-state index in [0.29, 0.717) is 11.5 Å². The average Bonchev–Trinajstić information content (AvgIpc) is 2.81. The van der Waals surface area contributed by atoms with Crippen molar-refractivity contribution in [2.24, 2.45) is 11.8 Å². The third-order valence-electron chi connectivity index (χ3n) is 3.71. The Morgan fingerprint density at radius 3 is 2.89 bits per heavy atom. The highest BCUT2D eigenvalue weighted by molar-refractivity contribution is 7.14. The molecule has 2 rings (SSSR count). The molecule has 1 amide bonds. The number of amides is 1. The molecule has 0 unspecified atom stereocenters. The molecule has 1 saturated carbocycles. The maximum absolute atomic E-state index is 11.4. The zero-order valence-corrected chi connectivity index (χ0v) is 12.2. The van der Waals surface area contributed by atoms with Crippen LogP contribution in [0.25, 0.3) is 0 Å². The van der Waals surface area contributed by atoms with Crippen LogP contribution in [0.15, 0.2) is 6.07 Å². The summed E-state index contributed by atoms with van der Waals surface area (Å²) in [5.74, 6) is 5.63. The van der Waals surface area contributed by atoms with Crippen LogP contribution in [0.3, 0.4) is 0 Å². The van der Waals surface area contributed by atoms with Crippen molar-refractivity contribution in [3.05, 3.63) is 21.4 Å². The van der Waals surface area contributed by atoms with Crippen molar-refractivity contribution in [1.29, 1.82) is 0 Å². The number of carbonyl (C=O) groups is 1. The van der Waals surface area contributed by atoms with Crippen LogP contribution in [0.2, 0.25) is 0 Å². The molecule has 0 bridgehead atoms. The third kappa shape index (κ3) is 4.03. The first kappa shape index (κ1) is 14.5. The van der Waals surface area contributed by atoms with E-state index in [1.165, 1.54) is 43.4 Å². The number of nitrogen functional groups attached to an aromatic ring is 1. The van der Waals surface area contributed by atoms with Gasteiger partial charge in [0.2, 0.25) is 0 Å². The largest absolute Gasteiger partial charge is 0.376 e. The summed E-state index contributed by atoms with van der Waals surface area (Å²) < 4.78 is 5.81. The molecule has 0 aromatic carbocycles. The molecule has 0 radical (unpaired) electrons. The Hall–Kier alpha value is -0.910. The van der Waals surface area contributed by atoms with Gasteiger partial charge >= 0.3 is 0 Å². The lowest BCUT2D eigenvalue weighted by molar-refractivity contribution is 0.0738. The summed E-state index contributed by atoms with van der Waals surface area (Å²) in [5, 5.41) is 0. The minimum Gasteiger partial charge on any atom is -0.376 e. The Bertz CT molecular complexity index is 425. The van der Waals surface area contributed by atoms with Crippen LogP contribution in [0.4, 0.5) is 0 Å². The fourth-order valence-electron chi connectivity index (χ4n) is 2.54. The average molecular weight is 282 g/mol. The van der Waals surface area contributed by atoms with E-state index >= 15 is 0 Å². The maximum atomic E-state index is 11.4. The number of hydrogen-bond acceptors (Lipinski definition) is 4. The highest BCUT2D eigenvalue weighted by atomic mass is 32.1. The van der Waals surface area contributed by atoms with E-state index in [1.807, 2.05) is 13.0 Å². The van der Waals surface area contributed by atoms with Crippen LogP contribution < -0.4 is 11.3 Å². The molecule has 1 aromatic rings. The van der Waals surface area contributed by atoms with Crippen molar-refractivity contribution in [1.82, 2.24) is 5.43 Å². The molecule has 19 heavy (non-hydrogen) atoms. The standard InChI is InChI=1S/C14H22N2O2S/c1-10-12(7-13(19-10)14(17)16-15)9-18-8-11-5-3-2-4-6-11/h7,11H,2-6,8-9,15H2,1H3,(H,16,17). The molecule has 106 valence electrons. The van der Waals surface area contributed by atoms with Gasteiger partial charge in [-0.25, -0.2) is 5.84 Å². The monoisotopic (exact) mass is 282 g/mol. The molecule has 1 aliphatic rings. The zero-order valence-electron chi connectivity index (χ0n) is 11.4. The van der Waals surface area contributed by atoms with E-state index in [2.05, 4.69) is 5.43 Å². The molecule has 4 nitrogen and oxygen atoms in total. The van der Waals surface area contributed by atoms with Crippen molar-refractivity contribution in [2.45, 2.75) is 45.6 Å². The minimum absolute atomic E-state index is 0.230. The highest BCUT2D eigenvalue weighted by Crippen LogP contribution is 2.25. The third-order valence-corrected chi connectivity index (χ3v) is 4.80. The summed E-state index contributed by atoms with van der Waals surface area (Å²) in [6.07, 6.45) is 6.64. The molecule has 1 fully saturated rings. The van der Waals surface area contributed by atoms with Crippen molar-refractivity contribution in [2.75, 3.05) is 6.61 Å². The Kier molecular flexibility index (Phi) is 5.36. The van der Waals surface area contributed by atoms with Crippen LogP contribution in [0, 0.1) is 12.8 Å². The second-order valence-electron chi connectivity index (χ2n) is 5.18. The van der Waals surface area contributed by atoms with E-state index < -0.39 is 0 Å². The lowest BCUT2D eigenvalue weighted by Gasteiger charge is -2.21. The van der Waals surface area contributed by atoms with Crippen LogP contribution in [-0.4, -0.2) is 12.5 Å². The zero-order chi connectivity index (χ0) is 13.7. The highest BCUT2D eigenvalue weighted by Gasteiger charge is 2.15. The van der Waals surface area contributed by atoms with Gasteiger partial charge in [0.05, 0.1) is 11.5 Å². The molecule has 1 heterocycles. The molecule has 1 aliphatic carbocycles. The number of ether oxygens (including phenoxy) is 1. The van der Waals surface area contributed by atoms with Gasteiger partial charge in [-0.2, -0.15) is 0 Å². The smallest absolute Gasteiger partial charge is 0.275 e. The first-order valence-electron chi connectivity index (χ1n) is 6.88. The summed E-state index contributed by atoms with van der Waals surface area (Å²) in [6.45, 7) is 3.45. The number of hydrazine groups is 1. The van der Waals surface area contributed by atoms with Gasteiger partial charge < -0.3 is 4.74 Å². The number of nitrogens with one attached hydrogen (secondary N) is 1. The SMILES string of the molecule is Cc1sc(C(=O)NN)cc1COCC1CCCCC1. The van der Waals surface area contributed by atoms with Crippen molar-refractivity contribution in [3.63, 3.8) is 0 Å². The molecule has 0 atom stereocenters. The Balaban J connectivity index is 1.82. The second-order valence-corrected chi connectivity index (χ2v) is 6.44. The van der Waals surface area contributed by atoms with Gasteiger partial charge in [-0.1, -0.05) is 19.3 Å². The van der Waals surface area contributed by atoms with Crippen molar-refractivity contribution >= 4 is 17.2 Å². The van der Waals surface area contributed by atoms with Crippen LogP contribution in [0.1, 0.15) is 52.2 Å². The first-order valence-corrected chi connectivity index (χ1v) is 7.70. The molecule has 3 N–H and O–H groups in total. The van der Waals surface area contributed by atoms with Crippen LogP contribution >= 0.6 is 11.3 Å². The van der Waals surface area contributed by atoms with Gasteiger partial charge in [0.25, 0.3) is 5.91 Å². The topological polar surface area (TPSA) is 64.4 Å². The molecular formula is C14H22N2O2S. The minimum atomic E-state index is -0.230. The maximum Gasteiger partial charge on any atom is 0.275 e. The van der Waals surface area contributed by atoms with E-state index in [9.17, 15) is 4.79 Å². The fraction of sp³-hybridized carbons (Fsp3) is 0.643. The second kappa shape index (κ2) is 7.03. The van der Waals surface area contributed by atoms with Gasteiger partial charge in [-0.05, 0) is 37.3 Å². The molecule has 0 aliphatic heterocycles. The Morgan fingerprint density at radius 1 is 1.47 bits per heavy atom. The summed E-state index contributed by atoms with van der Waals surface area (Å²) in [5.41, 5.74) is 3.26. The van der Waals surface area contributed by atoms with Gasteiger partial charge in [-0.3, -0.25) is 10.2 Å². The van der Waals surface area contributed by atoms with E-state index in [4.69, 9.17) is 10.6 Å². The fourth-order valence-corrected chi connectivity index (χ4v) is 3.47. The van der Waals surface area contributed by atoms with Gasteiger partial charge in [-0.15, -0.1) is 11.3 Å². The summed E-state index contributed by atoms with van der Waals surface area (Å²) in [6, 6.07) is 1.88. The molecule has 0 spiro atoms. The number of nitrogens with two attached hydrogens (primary N) is 1. The van der Waals surface area contributed by atoms with Gasteiger partial charge in [0, 0.05) is 11.5 Å². The molecule has 0 saturated heterocycles. The van der Waals surface area contributed by atoms with Gasteiger partial charge in [0.15, 0.2) is 0 Å². The normalized spacial score (nSPS) is 16.5. The number of aryl methyl sites for hydroxylation is 1. The molecular weight excluding hydrogens is 260 g/mol. The van der Waals surface area contributed by atoms with E-state index in [1.54, 1.807) is 0 Å². The summed E-state index contributed by atoms with van der Waals surface area (Å²) in [4.78, 5) is 13.2. The van der Waals surface area contributed by atoms with Crippen LogP contribution in [-0.2, 0) is 11.3 Å². The lowest BCUT2D eigenvalue weighted by Crippen LogP contribution is -2.29. The number of hydrogen-bond donors (Lipinski definition) is 2. The number of thiophene rings is 1. The predicted molar refractivity (Wildman–Crippen MR) is 76.9 cm³/mol. The van der Waals surface area contributed by atoms with Crippen molar-refractivity contribution < 1.29 is 9.53 Å². The summed E-state index contributed by atoms with van der Waals surface area (Å²) in [7, 11) is 0. The number of carbonyl (C=O) groups excluding carboxylic acids is 1. The quantitative estimate of drug-likeness (QED) is 0.496. The molecule has 5 heteroatoms. The number of rotatable bonds is 5. The van der Waals surface area contributed by atoms with E-state index in [-0.39, 0.29) is 5.91 Å². The molecule has 1 aromatic heterocycles. The predicted octanol–water partition coefficient (Wildman–Crippen LogP) is 2.76. The van der Waals surface area contributed by atoms with Gasteiger partial charge in [0.1, 0.15) is 0 Å². The lowest BCUT2D eigenvalue weighted by atomic mass is 9.90. The summed E-state index contributed by atoms with van der Waals surface area (Å²) >= 11 is 1.46.